The number of nitrogens with one attached hydrogen (secondary N) is 1. The molecule has 1 aliphatic heterocycles. The lowest BCUT2D eigenvalue weighted by atomic mass is 10.00. The van der Waals surface area contributed by atoms with Gasteiger partial charge in [-0.1, -0.05) is 42.5 Å². The number of nitrogens with zero attached hydrogens (tertiary/aromatic N) is 3. The lowest BCUT2D eigenvalue weighted by Gasteiger charge is -2.28. The van der Waals surface area contributed by atoms with Gasteiger partial charge in [0.15, 0.2) is 5.76 Å². The highest BCUT2D eigenvalue weighted by Crippen LogP contribution is 2.33. The van der Waals surface area contributed by atoms with Crippen molar-refractivity contribution in [3.63, 3.8) is 0 Å². The van der Waals surface area contributed by atoms with E-state index in [4.69, 9.17) is 8.83 Å². The molecule has 7 heteroatoms. The first-order chi connectivity index (χ1) is 15.1. The molecular weight excluding hydrogens is 392 g/mol. The molecule has 1 aliphatic rings. The molecule has 0 bridgehead atoms. The minimum atomic E-state index is -0.374. The van der Waals surface area contributed by atoms with Gasteiger partial charge in [0.2, 0.25) is 0 Å². The lowest BCUT2D eigenvalue weighted by Crippen LogP contribution is -2.37. The number of para-hydroxylation sites is 1. The minimum absolute atomic E-state index is 0.0597. The molecule has 0 saturated heterocycles. The van der Waals surface area contributed by atoms with E-state index >= 15 is 0 Å². The molecule has 4 aromatic rings. The molecule has 1 N–H and O–H groups in total. The highest BCUT2D eigenvalue weighted by Gasteiger charge is 2.22. The average molecular weight is 416 g/mol. The van der Waals surface area contributed by atoms with E-state index in [1.54, 1.807) is 0 Å². The van der Waals surface area contributed by atoms with Gasteiger partial charge in [-0.3, -0.25) is 9.69 Å². The van der Waals surface area contributed by atoms with E-state index in [0.29, 0.717) is 12.3 Å². The molecule has 0 aliphatic carbocycles. The van der Waals surface area contributed by atoms with Gasteiger partial charge >= 0.3 is 11.8 Å². The first-order valence-corrected chi connectivity index (χ1v) is 10.5. The number of benzene rings is 2. The van der Waals surface area contributed by atoms with Crippen molar-refractivity contribution in [2.24, 2.45) is 0 Å². The number of hydrogen-bond donors (Lipinski definition) is 1. The van der Waals surface area contributed by atoms with Crippen LogP contribution in [-0.4, -0.2) is 40.6 Å². The summed E-state index contributed by atoms with van der Waals surface area (Å²) >= 11 is 0. The number of carbonyl (C=O) groups excluding carboxylic acids is 1. The van der Waals surface area contributed by atoms with Gasteiger partial charge in [-0.15, -0.1) is 10.2 Å². The maximum atomic E-state index is 12.5. The van der Waals surface area contributed by atoms with Crippen molar-refractivity contribution in [3.05, 3.63) is 70.6 Å². The number of rotatable bonds is 5. The summed E-state index contributed by atoms with van der Waals surface area (Å²) in [6.07, 6.45) is 1.04. The zero-order valence-corrected chi connectivity index (χ0v) is 17.6. The van der Waals surface area contributed by atoms with Crippen LogP contribution in [0.2, 0.25) is 0 Å². The molecular formula is C24H24N4O3. The van der Waals surface area contributed by atoms with Gasteiger partial charge in [-0.05, 0) is 37.0 Å². The number of carbonyl (C=O) groups is 1. The number of furan rings is 1. The van der Waals surface area contributed by atoms with E-state index in [-0.39, 0.29) is 17.7 Å². The van der Waals surface area contributed by atoms with Gasteiger partial charge in [-0.25, -0.2) is 0 Å². The Morgan fingerprint density at radius 2 is 1.90 bits per heavy atom. The highest BCUT2D eigenvalue weighted by molar-refractivity contribution is 5.90. The molecule has 2 aromatic carbocycles. The van der Waals surface area contributed by atoms with Crippen LogP contribution in [0, 0.1) is 13.8 Å². The fraction of sp³-hybridized carbons (Fsp3) is 0.292. The lowest BCUT2D eigenvalue weighted by molar-refractivity contribution is 0.0913. The third-order valence-corrected chi connectivity index (χ3v) is 5.90. The SMILES string of the molecule is Cc1c(-c2nnc(C(=O)NCCN3CCc4ccccc4C3)o2)oc2c(C)cccc12. The zero-order chi connectivity index (χ0) is 21.4. The molecule has 0 atom stereocenters. The largest absolute Gasteiger partial charge is 0.450 e. The second-order valence-electron chi connectivity index (χ2n) is 7.97. The van der Waals surface area contributed by atoms with E-state index in [1.165, 1.54) is 11.1 Å². The van der Waals surface area contributed by atoms with Crippen molar-refractivity contribution in [2.75, 3.05) is 19.6 Å². The summed E-state index contributed by atoms with van der Waals surface area (Å²) in [4.78, 5) is 14.8. The van der Waals surface area contributed by atoms with Crippen molar-refractivity contribution < 1.29 is 13.6 Å². The number of hydrogen-bond acceptors (Lipinski definition) is 6. The summed E-state index contributed by atoms with van der Waals surface area (Å²) in [5.41, 5.74) is 5.52. The predicted octanol–water partition coefficient (Wildman–Crippen LogP) is 3.89. The molecule has 0 spiro atoms. The van der Waals surface area contributed by atoms with E-state index < -0.39 is 0 Å². The Bertz CT molecular complexity index is 1260. The van der Waals surface area contributed by atoms with Gasteiger partial charge in [-0.2, -0.15) is 0 Å². The first kappa shape index (κ1) is 19.5. The third-order valence-electron chi connectivity index (χ3n) is 5.90. The summed E-state index contributed by atoms with van der Waals surface area (Å²) in [6.45, 7) is 7.11. The number of aromatic nitrogens is 2. The minimum Gasteiger partial charge on any atom is -0.450 e. The van der Waals surface area contributed by atoms with Crippen LogP contribution in [0.5, 0.6) is 0 Å². The molecule has 158 valence electrons. The van der Waals surface area contributed by atoms with Gasteiger partial charge in [0.1, 0.15) is 5.58 Å². The summed E-state index contributed by atoms with van der Waals surface area (Å²) < 4.78 is 11.6. The Kier molecular flexibility index (Phi) is 5.03. The van der Waals surface area contributed by atoms with Crippen LogP contribution in [-0.2, 0) is 13.0 Å². The van der Waals surface area contributed by atoms with Crippen LogP contribution < -0.4 is 5.32 Å². The van der Waals surface area contributed by atoms with Crippen molar-refractivity contribution in [1.29, 1.82) is 0 Å². The second kappa shape index (κ2) is 8.00. The van der Waals surface area contributed by atoms with E-state index in [2.05, 4.69) is 44.7 Å². The summed E-state index contributed by atoms with van der Waals surface area (Å²) in [7, 11) is 0. The van der Waals surface area contributed by atoms with Crippen molar-refractivity contribution in [3.8, 4) is 11.7 Å². The monoisotopic (exact) mass is 416 g/mol. The standard InChI is InChI=1S/C24H24N4O3/c1-15-6-5-9-19-16(2)21(30-20(15)19)23-26-27-24(31-23)22(29)25-11-13-28-12-10-17-7-3-4-8-18(17)14-28/h3-9H,10-14H2,1-2H3,(H,25,29). The molecule has 3 heterocycles. The van der Waals surface area contributed by atoms with Crippen LogP contribution in [0.4, 0.5) is 0 Å². The van der Waals surface area contributed by atoms with Crippen molar-refractivity contribution in [1.82, 2.24) is 20.4 Å². The third kappa shape index (κ3) is 3.72. The molecule has 0 saturated carbocycles. The molecule has 1 amide bonds. The van der Waals surface area contributed by atoms with E-state index in [9.17, 15) is 4.79 Å². The molecule has 31 heavy (non-hydrogen) atoms. The maximum absolute atomic E-state index is 12.5. The average Bonchev–Trinajstić information content (AvgIpc) is 3.40. The Morgan fingerprint density at radius 3 is 2.74 bits per heavy atom. The fourth-order valence-electron chi connectivity index (χ4n) is 4.14. The normalized spacial score (nSPS) is 14.0. The van der Waals surface area contributed by atoms with Crippen LogP contribution in [0.25, 0.3) is 22.6 Å². The molecule has 0 unspecified atom stereocenters. The van der Waals surface area contributed by atoms with Gasteiger partial charge in [0, 0.05) is 37.1 Å². The number of amides is 1. The van der Waals surface area contributed by atoms with E-state index in [0.717, 1.165) is 48.2 Å². The van der Waals surface area contributed by atoms with E-state index in [1.807, 2.05) is 32.0 Å². The quantitative estimate of drug-likeness (QED) is 0.531. The Labute approximate surface area is 180 Å². The Hall–Kier alpha value is -3.45. The van der Waals surface area contributed by atoms with Crippen LogP contribution >= 0.6 is 0 Å². The molecule has 2 aromatic heterocycles. The molecule has 0 radical (unpaired) electrons. The Morgan fingerprint density at radius 1 is 1.06 bits per heavy atom. The summed E-state index contributed by atoms with van der Waals surface area (Å²) in [6, 6.07) is 14.5. The summed E-state index contributed by atoms with van der Waals surface area (Å²) in [5, 5.41) is 11.8. The number of aryl methyl sites for hydroxylation is 2. The van der Waals surface area contributed by atoms with Crippen molar-refractivity contribution in [2.45, 2.75) is 26.8 Å². The van der Waals surface area contributed by atoms with Gasteiger partial charge in [0.05, 0.1) is 0 Å². The van der Waals surface area contributed by atoms with Gasteiger partial charge < -0.3 is 14.2 Å². The number of fused-ring (bicyclic) bond motifs is 2. The zero-order valence-electron chi connectivity index (χ0n) is 17.6. The van der Waals surface area contributed by atoms with Crippen LogP contribution in [0.1, 0.15) is 32.9 Å². The van der Waals surface area contributed by atoms with Crippen LogP contribution in [0.3, 0.4) is 0 Å². The molecule has 0 fully saturated rings. The predicted molar refractivity (Wildman–Crippen MR) is 117 cm³/mol. The topological polar surface area (TPSA) is 84.4 Å². The molecule has 7 nitrogen and oxygen atoms in total. The fourth-order valence-corrected chi connectivity index (χ4v) is 4.14. The maximum Gasteiger partial charge on any atom is 0.308 e. The second-order valence-corrected chi connectivity index (χ2v) is 7.97. The summed E-state index contributed by atoms with van der Waals surface area (Å²) in [5.74, 6) is 0.283. The van der Waals surface area contributed by atoms with Crippen molar-refractivity contribution >= 4 is 16.9 Å². The molecule has 5 rings (SSSR count). The Balaban J connectivity index is 1.22. The van der Waals surface area contributed by atoms with Crippen LogP contribution in [0.15, 0.2) is 51.3 Å². The highest BCUT2D eigenvalue weighted by atomic mass is 16.4. The van der Waals surface area contributed by atoms with Gasteiger partial charge in [0.25, 0.3) is 5.89 Å². The smallest absolute Gasteiger partial charge is 0.308 e. The first-order valence-electron chi connectivity index (χ1n) is 10.5.